The minimum Gasteiger partial charge on any atom is -0.370 e. The van der Waals surface area contributed by atoms with Gasteiger partial charge in [-0.15, -0.1) is 0 Å². The fraction of sp³-hybridized carbons (Fsp3) is 0.462. The van der Waals surface area contributed by atoms with Gasteiger partial charge in [0.1, 0.15) is 11.6 Å². The number of nitrogens with zero attached hydrogens (tertiary/aromatic N) is 4. The number of aromatic nitrogens is 4. The first-order valence-corrected chi connectivity index (χ1v) is 7.84. The van der Waals surface area contributed by atoms with E-state index in [4.69, 9.17) is 0 Å². The quantitative estimate of drug-likeness (QED) is 0.603. The van der Waals surface area contributed by atoms with E-state index >= 15 is 0 Å². The third kappa shape index (κ3) is 4.12. The summed E-state index contributed by atoms with van der Waals surface area (Å²) in [5, 5.41) is 11.6. The number of rotatable bonds is 7. The van der Waals surface area contributed by atoms with Crippen LogP contribution in [0, 0.1) is 0 Å². The second-order valence-corrected chi connectivity index (χ2v) is 5.20. The fourth-order valence-electron chi connectivity index (χ4n) is 1.85. The molecular weight excluding hydrogens is 272 g/mol. The number of anilines is 2. The van der Waals surface area contributed by atoms with Gasteiger partial charge in [-0.3, -0.25) is 4.68 Å². The van der Waals surface area contributed by atoms with E-state index in [1.54, 1.807) is 6.20 Å². The summed E-state index contributed by atoms with van der Waals surface area (Å²) < 4.78 is 1.90. The highest BCUT2D eigenvalue weighted by atomic mass is 32.2. The first-order chi connectivity index (χ1) is 9.71. The molecule has 0 aliphatic rings. The van der Waals surface area contributed by atoms with Gasteiger partial charge in [-0.2, -0.15) is 5.10 Å². The molecular formula is C13H20N6S. The third-order valence-corrected chi connectivity index (χ3v) is 3.21. The maximum absolute atomic E-state index is 4.47. The minimum absolute atomic E-state index is 0.231. The van der Waals surface area contributed by atoms with Crippen molar-refractivity contribution in [3.63, 3.8) is 0 Å². The summed E-state index contributed by atoms with van der Waals surface area (Å²) in [5.41, 5.74) is 0. The Hall–Kier alpha value is -1.76. The smallest absolute Gasteiger partial charge is 0.191 e. The van der Waals surface area contributed by atoms with Crippen LogP contribution < -0.4 is 10.6 Å². The van der Waals surface area contributed by atoms with Gasteiger partial charge < -0.3 is 10.6 Å². The molecule has 7 heteroatoms. The molecule has 0 saturated heterocycles. The van der Waals surface area contributed by atoms with Crippen LogP contribution in [0.3, 0.4) is 0 Å². The Morgan fingerprint density at radius 3 is 2.80 bits per heavy atom. The summed E-state index contributed by atoms with van der Waals surface area (Å²) in [5.74, 6) is 1.68. The summed E-state index contributed by atoms with van der Waals surface area (Å²) in [6, 6.07) is 4.09. The molecule has 1 unspecified atom stereocenters. The molecule has 2 rings (SSSR count). The van der Waals surface area contributed by atoms with Crippen LogP contribution in [-0.4, -0.2) is 38.6 Å². The van der Waals surface area contributed by atoms with Gasteiger partial charge in [0.05, 0.1) is 6.54 Å². The van der Waals surface area contributed by atoms with Gasteiger partial charge in [0.2, 0.25) is 0 Å². The van der Waals surface area contributed by atoms with E-state index in [0.717, 1.165) is 29.9 Å². The molecule has 20 heavy (non-hydrogen) atoms. The zero-order valence-corrected chi connectivity index (χ0v) is 12.8. The maximum atomic E-state index is 4.47. The van der Waals surface area contributed by atoms with E-state index in [-0.39, 0.29) is 6.04 Å². The number of hydrogen-bond donors (Lipinski definition) is 2. The zero-order valence-electron chi connectivity index (χ0n) is 12.0. The average molecular weight is 292 g/mol. The van der Waals surface area contributed by atoms with Gasteiger partial charge in [0.15, 0.2) is 5.16 Å². The zero-order chi connectivity index (χ0) is 14.4. The third-order valence-electron chi connectivity index (χ3n) is 2.66. The van der Waals surface area contributed by atoms with Gasteiger partial charge in [-0.05, 0) is 26.2 Å². The predicted octanol–water partition coefficient (Wildman–Crippen LogP) is 2.33. The van der Waals surface area contributed by atoms with Crippen molar-refractivity contribution in [2.24, 2.45) is 0 Å². The Balaban J connectivity index is 2.05. The van der Waals surface area contributed by atoms with Crippen molar-refractivity contribution in [2.75, 3.05) is 23.4 Å². The standard InChI is InChI=1S/C13H20N6S/c1-4-14-11-8-12(18-13(17-11)20-3)16-10(2)9-19-7-5-6-15-19/h5-8,10H,4,9H2,1-3H3,(H2,14,16,17,18). The summed E-state index contributed by atoms with van der Waals surface area (Å²) >= 11 is 1.54. The minimum atomic E-state index is 0.231. The Morgan fingerprint density at radius 2 is 2.15 bits per heavy atom. The SMILES string of the molecule is CCNc1cc(NC(C)Cn2cccn2)nc(SC)n1. The van der Waals surface area contributed by atoms with Crippen LogP contribution in [0.5, 0.6) is 0 Å². The normalized spacial score (nSPS) is 12.2. The molecule has 2 N–H and O–H groups in total. The largest absolute Gasteiger partial charge is 0.370 e. The van der Waals surface area contributed by atoms with Crippen LogP contribution in [0.2, 0.25) is 0 Å². The number of hydrogen-bond acceptors (Lipinski definition) is 6. The van der Waals surface area contributed by atoms with Crippen LogP contribution in [0.4, 0.5) is 11.6 Å². The Kier molecular flexibility index (Phi) is 5.23. The monoisotopic (exact) mass is 292 g/mol. The molecule has 0 spiro atoms. The lowest BCUT2D eigenvalue weighted by Crippen LogP contribution is -2.23. The summed E-state index contributed by atoms with van der Waals surface area (Å²) in [6.07, 6.45) is 5.71. The molecule has 0 aromatic carbocycles. The highest BCUT2D eigenvalue weighted by molar-refractivity contribution is 7.98. The van der Waals surface area contributed by atoms with E-state index < -0.39 is 0 Å². The number of nitrogens with one attached hydrogen (secondary N) is 2. The maximum Gasteiger partial charge on any atom is 0.191 e. The second kappa shape index (κ2) is 7.14. The Labute approximate surface area is 123 Å². The molecule has 0 fully saturated rings. The molecule has 2 aromatic heterocycles. The summed E-state index contributed by atoms with van der Waals surface area (Å²) in [7, 11) is 0. The Morgan fingerprint density at radius 1 is 1.35 bits per heavy atom. The van der Waals surface area contributed by atoms with Crippen LogP contribution >= 0.6 is 11.8 Å². The molecule has 0 bridgehead atoms. The van der Waals surface area contributed by atoms with Crippen LogP contribution in [0.25, 0.3) is 0 Å². The summed E-state index contributed by atoms with van der Waals surface area (Å²) in [6.45, 7) is 5.79. The first-order valence-electron chi connectivity index (χ1n) is 6.62. The molecule has 0 aliphatic heterocycles. The van der Waals surface area contributed by atoms with Crippen molar-refractivity contribution < 1.29 is 0 Å². The lowest BCUT2D eigenvalue weighted by atomic mass is 10.3. The molecule has 2 aromatic rings. The molecule has 108 valence electrons. The van der Waals surface area contributed by atoms with Gasteiger partial charge in [-0.25, -0.2) is 9.97 Å². The van der Waals surface area contributed by atoms with E-state index in [9.17, 15) is 0 Å². The van der Waals surface area contributed by atoms with Gasteiger partial charge in [0.25, 0.3) is 0 Å². The molecule has 0 amide bonds. The van der Waals surface area contributed by atoms with Crippen molar-refractivity contribution in [3.8, 4) is 0 Å². The molecule has 0 aliphatic carbocycles. The first kappa shape index (κ1) is 14.6. The van der Waals surface area contributed by atoms with Gasteiger partial charge in [0, 0.05) is 31.0 Å². The van der Waals surface area contributed by atoms with Crippen LogP contribution in [0.1, 0.15) is 13.8 Å². The van der Waals surface area contributed by atoms with Crippen molar-refractivity contribution in [1.29, 1.82) is 0 Å². The van der Waals surface area contributed by atoms with Gasteiger partial charge >= 0.3 is 0 Å². The van der Waals surface area contributed by atoms with Crippen molar-refractivity contribution in [3.05, 3.63) is 24.5 Å². The van der Waals surface area contributed by atoms with Crippen LogP contribution in [0.15, 0.2) is 29.7 Å². The average Bonchev–Trinajstić information content (AvgIpc) is 2.91. The number of thioether (sulfide) groups is 1. The Bertz CT molecular complexity index is 528. The second-order valence-electron chi connectivity index (χ2n) is 4.43. The lowest BCUT2D eigenvalue weighted by Gasteiger charge is -2.16. The van der Waals surface area contributed by atoms with E-state index in [1.807, 2.05) is 36.2 Å². The highest BCUT2D eigenvalue weighted by Gasteiger charge is 2.07. The topological polar surface area (TPSA) is 67.7 Å². The van der Waals surface area contributed by atoms with Crippen molar-refractivity contribution in [2.45, 2.75) is 31.6 Å². The van der Waals surface area contributed by atoms with Gasteiger partial charge in [-0.1, -0.05) is 11.8 Å². The molecule has 2 heterocycles. The van der Waals surface area contributed by atoms with Crippen LogP contribution in [-0.2, 0) is 6.54 Å². The van der Waals surface area contributed by atoms with E-state index in [1.165, 1.54) is 11.8 Å². The predicted molar refractivity (Wildman–Crippen MR) is 83.3 cm³/mol. The molecule has 1 atom stereocenters. The molecule has 0 radical (unpaired) electrons. The highest BCUT2D eigenvalue weighted by Crippen LogP contribution is 2.17. The van der Waals surface area contributed by atoms with Crippen molar-refractivity contribution in [1.82, 2.24) is 19.7 Å². The summed E-state index contributed by atoms with van der Waals surface area (Å²) in [4.78, 5) is 8.88. The lowest BCUT2D eigenvalue weighted by molar-refractivity contribution is 0.559. The fourth-order valence-corrected chi connectivity index (χ4v) is 2.23. The molecule has 6 nitrogen and oxygen atoms in total. The van der Waals surface area contributed by atoms with Crippen molar-refractivity contribution >= 4 is 23.4 Å². The van der Waals surface area contributed by atoms with E-state index in [0.29, 0.717) is 0 Å². The van der Waals surface area contributed by atoms with E-state index in [2.05, 4.69) is 32.6 Å². The molecule has 0 saturated carbocycles.